The SMILES string of the molecule is COc1nnc(OCCNCCCF)cc1C1c2[nH]c3ccccc3c2C[C@@H](C)N1CC(F)(F)F. The Morgan fingerprint density at radius 1 is 1.20 bits per heavy atom. The predicted molar refractivity (Wildman–Crippen MR) is 124 cm³/mol. The third-order valence-corrected chi connectivity index (χ3v) is 6.15. The fraction of sp³-hybridized carbons (Fsp3) is 0.500. The number of ether oxygens (including phenoxy) is 2. The van der Waals surface area contributed by atoms with E-state index in [4.69, 9.17) is 9.47 Å². The van der Waals surface area contributed by atoms with Gasteiger partial charge in [-0.15, -0.1) is 10.2 Å². The van der Waals surface area contributed by atoms with E-state index in [9.17, 15) is 17.6 Å². The highest BCUT2D eigenvalue weighted by Gasteiger charge is 2.43. The fourth-order valence-electron chi connectivity index (χ4n) is 4.64. The minimum Gasteiger partial charge on any atom is -0.480 e. The van der Waals surface area contributed by atoms with Crippen molar-refractivity contribution in [2.75, 3.05) is 40.0 Å². The van der Waals surface area contributed by atoms with Crippen LogP contribution in [0, 0.1) is 0 Å². The van der Waals surface area contributed by atoms with E-state index in [2.05, 4.69) is 20.5 Å². The third-order valence-electron chi connectivity index (χ3n) is 6.15. The predicted octanol–water partition coefficient (Wildman–Crippen LogP) is 4.19. The number of hydrogen-bond donors (Lipinski definition) is 2. The number of para-hydroxylation sites is 1. The Bertz CT molecular complexity index is 1140. The molecule has 1 aromatic carbocycles. The minimum atomic E-state index is -4.39. The van der Waals surface area contributed by atoms with Crippen LogP contribution in [-0.2, 0) is 6.42 Å². The molecule has 7 nitrogen and oxygen atoms in total. The highest BCUT2D eigenvalue weighted by molar-refractivity contribution is 5.85. The number of alkyl halides is 4. The molecule has 4 rings (SSSR count). The maximum absolute atomic E-state index is 13.7. The summed E-state index contributed by atoms with van der Waals surface area (Å²) in [5.74, 6) is 0.310. The summed E-state index contributed by atoms with van der Waals surface area (Å²) in [6.45, 7) is 1.55. The summed E-state index contributed by atoms with van der Waals surface area (Å²) >= 11 is 0. The number of benzene rings is 1. The first-order chi connectivity index (χ1) is 16.8. The van der Waals surface area contributed by atoms with Crippen LogP contribution in [0.25, 0.3) is 10.9 Å². The van der Waals surface area contributed by atoms with Gasteiger partial charge in [0, 0.05) is 40.8 Å². The lowest BCUT2D eigenvalue weighted by Gasteiger charge is -2.41. The number of nitrogens with zero attached hydrogens (tertiary/aromatic N) is 3. The van der Waals surface area contributed by atoms with Crippen molar-refractivity contribution in [2.45, 2.75) is 38.0 Å². The molecule has 1 aliphatic heterocycles. The molecule has 1 unspecified atom stereocenters. The molecule has 0 radical (unpaired) electrons. The summed E-state index contributed by atoms with van der Waals surface area (Å²) in [4.78, 5) is 4.77. The first kappa shape index (κ1) is 25.2. The van der Waals surface area contributed by atoms with Gasteiger partial charge >= 0.3 is 6.18 Å². The Labute approximate surface area is 200 Å². The normalized spacial score (nSPS) is 18.6. The Kier molecular flexibility index (Phi) is 7.75. The summed E-state index contributed by atoms with van der Waals surface area (Å²) in [7, 11) is 1.41. The maximum atomic E-state index is 13.7. The van der Waals surface area contributed by atoms with Crippen molar-refractivity contribution in [1.82, 2.24) is 25.4 Å². The second kappa shape index (κ2) is 10.8. The number of H-pyrrole nitrogens is 1. The molecule has 35 heavy (non-hydrogen) atoms. The molecule has 0 aliphatic carbocycles. The largest absolute Gasteiger partial charge is 0.480 e. The van der Waals surface area contributed by atoms with Gasteiger partial charge < -0.3 is 19.8 Å². The summed E-state index contributed by atoms with van der Waals surface area (Å²) < 4.78 is 64.4. The van der Waals surface area contributed by atoms with Crippen LogP contribution in [0.4, 0.5) is 17.6 Å². The second-order valence-corrected chi connectivity index (χ2v) is 8.59. The van der Waals surface area contributed by atoms with Gasteiger partial charge in [0.15, 0.2) is 0 Å². The lowest BCUT2D eigenvalue weighted by molar-refractivity contribution is -0.155. The Morgan fingerprint density at radius 3 is 2.74 bits per heavy atom. The van der Waals surface area contributed by atoms with Crippen LogP contribution < -0.4 is 14.8 Å². The van der Waals surface area contributed by atoms with E-state index < -0.39 is 31.5 Å². The number of fused-ring (bicyclic) bond motifs is 3. The fourth-order valence-corrected chi connectivity index (χ4v) is 4.64. The number of hydrogen-bond acceptors (Lipinski definition) is 6. The number of halogens is 4. The van der Waals surface area contributed by atoms with Gasteiger partial charge in [0.1, 0.15) is 6.61 Å². The Morgan fingerprint density at radius 2 is 2.00 bits per heavy atom. The smallest absolute Gasteiger partial charge is 0.401 e. The average Bonchev–Trinajstić information content (AvgIpc) is 3.19. The molecule has 2 N–H and O–H groups in total. The molecule has 0 saturated heterocycles. The zero-order valence-electron chi connectivity index (χ0n) is 19.7. The monoisotopic (exact) mass is 495 g/mol. The van der Waals surface area contributed by atoms with Crippen molar-refractivity contribution in [3.8, 4) is 11.8 Å². The lowest BCUT2D eigenvalue weighted by Crippen LogP contribution is -2.47. The molecule has 1 aliphatic rings. The molecule has 0 spiro atoms. The van der Waals surface area contributed by atoms with Crippen molar-refractivity contribution in [3.63, 3.8) is 0 Å². The van der Waals surface area contributed by atoms with Crippen molar-refractivity contribution in [2.24, 2.45) is 0 Å². The van der Waals surface area contributed by atoms with Crippen molar-refractivity contribution >= 4 is 10.9 Å². The Hall–Kier alpha value is -2.92. The van der Waals surface area contributed by atoms with Gasteiger partial charge in [-0.2, -0.15) is 13.2 Å². The van der Waals surface area contributed by atoms with Crippen molar-refractivity contribution in [3.05, 3.63) is 47.2 Å². The van der Waals surface area contributed by atoms with E-state index in [-0.39, 0.29) is 18.4 Å². The van der Waals surface area contributed by atoms with E-state index in [1.165, 1.54) is 12.0 Å². The van der Waals surface area contributed by atoms with Gasteiger partial charge in [-0.1, -0.05) is 18.2 Å². The number of methoxy groups -OCH3 is 1. The molecular formula is C24H29F4N5O2. The summed E-state index contributed by atoms with van der Waals surface area (Å²) in [6, 6.07) is 8.09. The quantitative estimate of drug-likeness (QED) is 0.325. The molecule has 0 amide bonds. The van der Waals surface area contributed by atoms with Crippen LogP contribution in [-0.4, -0.2) is 72.3 Å². The number of aromatic amines is 1. The van der Waals surface area contributed by atoms with Crippen molar-refractivity contribution < 1.29 is 27.0 Å². The molecule has 11 heteroatoms. The summed E-state index contributed by atoms with van der Waals surface area (Å²) in [6.07, 6.45) is -3.51. The molecule has 0 saturated carbocycles. The molecule has 2 aromatic heterocycles. The van der Waals surface area contributed by atoms with Crippen LogP contribution in [0.2, 0.25) is 0 Å². The van der Waals surface area contributed by atoms with Crippen LogP contribution >= 0.6 is 0 Å². The van der Waals surface area contributed by atoms with E-state index in [1.54, 1.807) is 13.0 Å². The van der Waals surface area contributed by atoms with E-state index in [1.807, 2.05) is 24.3 Å². The topological polar surface area (TPSA) is 75.3 Å². The number of nitrogens with one attached hydrogen (secondary N) is 2. The van der Waals surface area contributed by atoms with Crippen LogP contribution in [0.5, 0.6) is 11.8 Å². The zero-order valence-corrected chi connectivity index (χ0v) is 19.7. The van der Waals surface area contributed by atoms with Gasteiger partial charge in [0.05, 0.1) is 26.4 Å². The molecule has 190 valence electrons. The zero-order chi connectivity index (χ0) is 25.0. The van der Waals surface area contributed by atoms with Gasteiger partial charge in [0.2, 0.25) is 11.8 Å². The maximum Gasteiger partial charge on any atom is 0.401 e. The minimum absolute atomic E-state index is 0.134. The van der Waals surface area contributed by atoms with Gasteiger partial charge in [-0.25, -0.2) is 0 Å². The highest BCUT2D eigenvalue weighted by Crippen LogP contribution is 2.44. The number of aromatic nitrogens is 3. The molecule has 3 heterocycles. The van der Waals surface area contributed by atoms with Crippen molar-refractivity contribution in [1.29, 1.82) is 0 Å². The van der Waals surface area contributed by atoms with Gasteiger partial charge in [0.25, 0.3) is 0 Å². The van der Waals surface area contributed by atoms with E-state index in [0.717, 1.165) is 16.5 Å². The third kappa shape index (κ3) is 5.67. The first-order valence-electron chi connectivity index (χ1n) is 11.6. The van der Waals surface area contributed by atoms with Gasteiger partial charge in [-0.3, -0.25) is 9.29 Å². The number of rotatable bonds is 10. The van der Waals surface area contributed by atoms with Gasteiger partial charge in [-0.05, 0) is 37.9 Å². The Balaban J connectivity index is 1.72. The summed E-state index contributed by atoms with van der Waals surface area (Å²) in [5.41, 5.74) is 2.96. The molecular weight excluding hydrogens is 466 g/mol. The van der Waals surface area contributed by atoms with Crippen LogP contribution in [0.1, 0.15) is 36.2 Å². The molecule has 3 aromatic rings. The standard InChI is InChI=1S/C24H29F4N5O2/c1-15-12-17-16-6-3-4-7-19(16)30-21(17)22(33(15)14-24(26,27)28)18-13-20(31-32-23(18)34-2)35-11-10-29-9-5-8-25/h3-4,6-7,13,15,22,29-30H,5,8-12,14H2,1-2H3/t15-,22?/m1/s1. The van der Waals surface area contributed by atoms with Crippen LogP contribution in [0.3, 0.4) is 0 Å². The highest BCUT2D eigenvalue weighted by atomic mass is 19.4. The van der Waals surface area contributed by atoms with E-state index in [0.29, 0.717) is 37.2 Å². The molecule has 2 atom stereocenters. The lowest BCUT2D eigenvalue weighted by atomic mass is 9.89. The first-order valence-corrected chi connectivity index (χ1v) is 11.6. The van der Waals surface area contributed by atoms with Crippen LogP contribution in [0.15, 0.2) is 30.3 Å². The van der Waals surface area contributed by atoms with E-state index >= 15 is 0 Å². The average molecular weight is 496 g/mol. The summed E-state index contributed by atoms with van der Waals surface area (Å²) in [5, 5.41) is 12.2. The molecule has 0 bridgehead atoms. The second-order valence-electron chi connectivity index (χ2n) is 8.59. The molecule has 0 fully saturated rings.